The van der Waals surface area contributed by atoms with E-state index in [1.807, 2.05) is 0 Å². The molecule has 0 bridgehead atoms. The summed E-state index contributed by atoms with van der Waals surface area (Å²) in [6.45, 7) is 0. The Kier molecular flexibility index (Phi) is 8.31. The minimum atomic E-state index is 0.0354. The lowest BCUT2D eigenvalue weighted by atomic mass is 9.90. The molecule has 2 aliphatic rings. The second kappa shape index (κ2) is 14.4. The van der Waals surface area contributed by atoms with Crippen LogP contribution < -0.4 is 4.74 Å². The molecule has 10 aromatic rings. The quantitative estimate of drug-likeness (QED) is 0.169. The number of rotatable bonds is 6. The van der Waals surface area contributed by atoms with Crippen LogP contribution >= 0.6 is 0 Å². The third-order valence-electron chi connectivity index (χ3n) is 12.5. The van der Waals surface area contributed by atoms with Crippen molar-refractivity contribution in [3.63, 3.8) is 0 Å². The summed E-state index contributed by atoms with van der Waals surface area (Å²) in [7, 11) is 0. The maximum absolute atomic E-state index is 6.53. The fourth-order valence-electron chi connectivity index (χ4n) is 9.47. The topological polar surface area (TPSA) is 35.0 Å². The number of hydrogen-bond donors (Lipinski definition) is 0. The van der Waals surface area contributed by atoms with Crippen molar-refractivity contribution < 1.29 is 4.74 Å². The van der Waals surface area contributed by atoms with E-state index in [-0.39, 0.29) is 12.0 Å². The van der Waals surface area contributed by atoms with Gasteiger partial charge in [-0.05, 0) is 72.3 Å². The summed E-state index contributed by atoms with van der Waals surface area (Å²) in [5.41, 5.74) is 13.0. The SMILES string of the molecule is C1=CC2Oc3c(-c4ccc(-c5nc(-c6ccc(-c7cccc8ccccc78)cc6)cc(-c6ccc(-c7cccc8ccccc78)c7ccccc67)n5)cc4)cccc3C2C=C1. The van der Waals surface area contributed by atoms with E-state index >= 15 is 0 Å². The van der Waals surface area contributed by atoms with Gasteiger partial charge in [0.15, 0.2) is 5.82 Å². The minimum Gasteiger partial charge on any atom is -0.484 e. The molecule has 0 radical (unpaired) electrons. The molecule has 61 heavy (non-hydrogen) atoms. The average Bonchev–Trinajstić information content (AvgIpc) is 3.72. The molecule has 1 aliphatic carbocycles. The molecule has 286 valence electrons. The van der Waals surface area contributed by atoms with Crippen LogP contribution in [0.5, 0.6) is 5.75 Å². The van der Waals surface area contributed by atoms with Gasteiger partial charge in [0.05, 0.1) is 11.4 Å². The van der Waals surface area contributed by atoms with E-state index in [4.69, 9.17) is 14.7 Å². The van der Waals surface area contributed by atoms with E-state index in [9.17, 15) is 0 Å². The number of para-hydroxylation sites is 1. The molecular weight excluding hydrogens is 741 g/mol. The number of aromatic nitrogens is 2. The van der Waals surface area contributed by atoms with Gasteiger partial charge in [0, 0.05) is 33.7 Å². The first-order valence-electron chi connectivity index (χ1n) is 21.0. The maximum atomic E-state index is 6.53. The van der Waals surface area contributed by atoms with Crippen molar-refractivity contribution in [2.45, 2.75) is 12.0 Å². The lowest BCUT2D eigenvalue weighted by molar-refractivity contribution is 0.270. The molecule has 9 aromatic carbocycles. The third kappa shape index (κ3) is 6.05. The van der Waals surface area contributed by atoms with Gasteiger partial charge < -0.3 is 4.74 Å². The van der Waals surface area contributed by atoms with Crippen LogP contribution in [-0.4, -0.2) is 16.1 Å². The Hall–Kier alpha value is -7.88. The zero-order chi connectivity index (χ0) is 40.3. The molecule has 1 aliphatic heterocycles. The third-order valence-corrected chi connectivity index (χ3v) is 12.5. The van der Waals surface area contributed by atoms with Crippen LogP contribution in [0.3, 0.4) is 0 Å². The molecule has 0 saturated heterocycles. The predicted molar refractivity (Wildman–Crippen MR) is 253 cm³/mol. The van der Waals surface area contributed by atoms with E-state index in [0.29, 0.717) is 5.82 Å². The van der Waals surface area contributed by atoms with E-state index in [2.05, 4.69) is 218 Å². The summed E-state index contributed by atoms with van der Waals surface area (Å²) < 4.78 is 6.53. The lowest BCUT2D eigenvalue weighted by Gasteiger charge is -2.15. The van der Waals surface area contributed by atoms with E-state index in [1.54, 1.807) is 0 Å². The fraction of sp³-hybridized carbons (Fsp3) is 0.0345. The number of nitrogens with zero attached hydrogens (tertiary/aromatic N) is 2. The van der Waals surface area contributed by atoms with Crippen LogP contribution in [0, 0.1) is 0 Å². The van der Waals surface area contributed by atoms with Crippen LogP contribution in [0.15, 0.2) is 218 Å². The van der Waals surface area contributed by atoms with Gasteiger partial charge in [-0.2, -0.15) is 0 Å². The highest BCUT2D eigenvalue weighted by molar-refractivity contribution is 6.09. The summed E-state index contributed by atoms with van der Waals surface area (Å²) in [6.07, 6.45) is 8.62. The Morgan fingerprint density at radius 2 is 0.869 bits per heavy atom. The second-order valence-electron chi connectivity index (χ2n) is 16.0. The molecule has 3 heteroatoms. The van der Waals surface area contributed by atoms with E-state index in [1.165, 1.54) is 54.7 Å². The Morgan fingerprint density at radius 3 is 1.62 bits per heavy atom. The Labute approximate surface area is 354 Å². The number of hydrogen-bond acceptors (Lipinski definition) is 3. The summed E-state index contributed by atoms with van der Waals surface area (Å²) in [6, 6.07) is 69.5. The van der Waals surface area contributed by atoms with Gasteiger partial charge in [0.1, 0.15) is 11.9 Å². The van der Waals surface area contributed by atoms with Gasteiger partial charge in [-0.25, -0.2) is 9.97 Å². The number of benzene rings is 9. The maximum Gasteiger partial charge on any atom is 0.160 e. The van der Waals surface area contributed by atoms with Crippen molar-refractivity contribution in [2.24, 2.45) is 0 Å². The second-order valence-corrected chi connectivity index (χ2v) is 16.0. The monoisotopic (exact) mass is 778 g/mol. The van der Waals surface area contributed by atoms with Crippen LogP contribution in [0.2, 0.25) is 0 Å². The Balaban J connectivity index is 0.986. The predicted octanol–water partition coefficient (Wildman–Crippen LogP) is 14.9. The summed E-state index contributed by atoms with van der Waals surface area (Å²) in [4.78, 5) is 10.6. The Morgan fingerprint density at radius 1 is 0.361 bits per heavy atom. The van der Waals surface area contributed by atoms with Gasteiger partial charge in [0.2, 0.25) is 0 Å². The number of fused-ring (bicyclic) bond motifs is 6. The van der Waals surface area contributed by atoms with E-state index < -0.39 is 0 Å². The summed E-state index contributed by atoms with van der Waals surface area (Å²) in [5.74, 6) is 1.88. The van der Waals surface area contributed by atoms with Crippen LogP contribution in [0.1, 0.15) is 11.5 Å². The molecular formula is C58H38N2O. The van der Waals surface area contributed by atoms with Crippen molar-refractivity contribution in [1.82, 2.24) is 9.97 Å². The first kappa shape index (κ1) is 35.1. The molecule has 2 atom stereocenters. The van der Waals surface area contributed by atoms with Crippen LogP contribution in [0.4, 0.5) is 0 Å². The standard InChI is InChI=1S/C58H38N2O/c1-3-16-43-37(12-1)14-9-21-44(43)39-26-30-41(31-27-39)54-36-55(51-35-34-50(48-18-5-6-19-49(48)51)47-23-10-15-38-13-2-4-17-45(38)47)60-58(59-54)42-32-28-40(29-33-42)46-22-11-24-53-52-20-7-8-25-56(52)61-57(46)53/h1-36,52,56H. The minimum absolute atomic E-state index is 0.0354. The zero-order valence-corrected chi connectivity index (χ0v) is 33.2. The fourth-order valence-corrected chi connectivity index (χ4v) is 9.47. The molecule has 1 aromatic heterocycles. The van der Waals surface area contributed by atoms with Gasteiger partial charge in [-0.3, -0.25) is 0 Å². The van der Waals surface area contributed by atoms with Gasteiger partial charge in [0.25, 0.3) is 0 Å². The van der Waals surface area contributed by atoms with Crippen LogP contribution in [-0.2, 0) is 0 Å². The number of ether oxygens (including phenoxy) is 1. The molecule has 2 unspecified atom stereocenters. The molecule has 0 spiro atoms. The first-order chi connectivity index (χ1) is 30.2. The van der Waals surface area contributed by atoms with Crippen molar-refractivity contribution in [1.29, 1.82) is 0 Å². The first-order valence-corrected chi connectivity index (χ1v) is 21.0. The van der Waals surface area contributed by atoms with Crippen molar-refractivity contribution in [3.05, 3.63) is 224 Å². The normalized spacial score (nSPS) is 15.2. The molecule has 0 fully saturated rings. The molecule has 12 rings (SSSR count). The Bertz CT molecular complexity index is 3390. The van der Waals surface area contributed by atoms with Gasteiger partial charge in [-0.15, -0.1) is 0 Å². The van der Waals surface area contributed by atoms with Crippen LogP contribution in [0.25, 0.3) is 99.6 Å². The van der Waals surface area contributed by atoms with E-state index in [0.717, 1.165) is 50.3 Å². The van der Waals surface area contributed by atoms with Crippen molar-refractivity contribution in [2.75, 3.05) is 0 Å². The molecule has 2 heterocycles. The summed E-state index contributed by atoms with van der Waals surface area (Å²) >= 11 is 0. The molecule has 0 N–H and O–H groups in total. The number of allylic oxidation sites excluding steroid dienone is 2. The molecule has 3 nitrogen and oxygen atoms in total. The lowest BCUT2D eigenvalue weighted by Crippen LogP contribution is -2.15. The average molecular weight is 779 g/mol. The smallest absolute Gasteiger partial charge is 0.160 e. The van der Waals surface area contributed by atoms with Crippen molar-refractivity contribution >= 4 is 32.3 Å². The molecule has 0 saturated carbocycles. The van der Waals surface area contributed by atoms with Gasteiger partial charge in [-0.1, -0.05) is 206 Å². The highest BCUT2D eigenvalue weighted by atomic mass is 16.5. The van der Waals surface area contributed by atoms with Gasteiger partial charge >= 0.3 is 0 Å². The van der Waals surface area contributed by atoms with Crippen molar-refractivity contribution in [3.8, 4) is 73.0 Å². The molecule has 0 amide bonds. The highest BCUT2D eigenvalue weighted by Crippen LogP contribution is 2.47. The largest absolute Gasteiger partial charge is 0.484 e. The zero-order valence-electron chi connectivity index (χ0n) is 33.2. The summed E-state index contributed by atoms with van der Waals surface area (Å²) in [5, 5.41) is 7.27. The highest BCUT2D eigenvalue weighted by Gasteiger charge is 2.33.